The van der Waals surface area contributed by atoms with E-state index in [2.05, 4.69) is 13.8 Å². The van der Waals surface area contributed by atoms with Crippen LogP contribution in [0.15, 0.2) is 0 Å². The van der Waals surface area contributed by atoms with Crippen LogP contribution in [0.2, 0.25) is 0 Å². The summed E-state index contributed by atoms with van der Waals surface area (Å²) in [5.74, 6) is -0.118. The lowest BCUT2D eigenvalue weighted by molar-refractivity contribution is -0.237. The number of aliphatic hydroxyl groups is 2. The number of aliphatic hydroxyl groups excluding tert-OH is 2. The molecule has 0 radical (unpaired) electrons. The molecule has 0 saturated heterocycles. The Bertz CT molecular complexity index is 447. The maximum Gasteiger partial charge on any atom is 1.00 e. The van der Waals surface area contributed by atoms with Gasteiger partial charge in [-0.2, -0.15) is 0 Å². The van der Waals surface area contributed by atoms with Crippen molar-refractivity contribution in [1.29, 1.82) is 0 Å². The molecule has 0 aliphatic heterocycles. The van der Waals surface area contributed by atoms with Crippen molar-refractivity contribution in [3.63, 3.8) is 0 Å². The van der Waals surface area contributed by atoms with Gasteiger partial charge >= 0.3 is 1.43 Å². The van der Waals surface area contributed by atoms with Gasteiger partial charge in [-0.3, -0.25) is 4.57 Å². The van der Waals surface area contributed by atoms with E-state index in [0.717, 1.165) is 51.4 Å². The summed E-state index contributed by atoms with van der Waals surface area (Å²) >= 11 is 0. The molecule has 7 nitrogen and oxygen atoms in total. The standard InChI is InChI=1S/C24H51O6P.H3N/c1-3-5-7-9-10-11-12-13-14-16-18-23(17-15-8-6-4-2)24(19-21-25,20-22-26)30-31(27,28)29;/h23,25-26H,3-22H2,1-2H3,(H2,27,28,29);1H3. The fourth-order valence-corrected chi connectivity index (χ4v) is 5.46. The average molecular weight is 484 g/mol. The zero-order valence-corrected chi connectivity index (χ0v) is 21.8. The van der Waals surface area contributed by atoms with Crippen molar-refractivity contribution in [2.45, 2.75) is 135 Å². The van der Waals surface area contributed by atoms with Crippen LogP contribution in [0, 0.1) is 5.92 Å². The van der Waals surface area contributed by atoms with Crippen molar-refractivity contribution in [2.24, 2.45) is 5.92 Å². The summed E-state index contributed by atoms with van der Waals surface area (Å²) in [7, 11) is -4.98. The number of rotatable bonds is 23. The molecule has 2 atom stereocenters. The summed E-state index contributed by atoms with van der Waals surface area (Å²) in [5, 5.41) is 19.2. The molecule has 0 spiro atoms. The van der Waals surface area contributed by atoms with Crippen LogP contribution in [0.1, 0.15) is 131 Å². The summed E-state index contributed by atoms with van der Waals surface area (Å²) < 4.78 is 16.8. The minimum absolute atomic E-state index is 0. The Hall–Kier alpha value is -0.0100. The molecule has 196 valence electrons. The van der Waals surface area contributed by atoms with E-state index in [9.17, 15) is 24.6 Å². The second-order valence-corrected chi connectivity index (χ2v) is 10.2. The van der Waals surface area contributed by atoms with Crippen molar-refractivity contribution in [3.8, 4) is 0 Å². The van der Waals surface area contributed by atoms with Gasteiger partial charge in [-0.15, -0.1) is 0 Å². The van der Waals surface area contributed by atoms with Crippen LogP contribution < -0.4 is 11.0 Å². The van der Waals surface area contributed by atoms with Gasteiger partial charge in [-0.1, -0.05) is 104 Å². The first-order valence-electron chi connectivity index (χ1n) is 12.8. The lowest BCUT2D eigenvalue weighted by Gasteiger charge is -2.43. The van der Waals surface area contributed by atoms with E-state index in [1.807, 2.05) is 0 Å². The molecule has 6 N–H and O–H groups in total. The van der Waals surface area contributed by atoms with Gasteiger partial charge in [0.2, 0.25) is 0 Å². The second-order valence-electron chi connectivity index (χ2n) is 9.09. The van der Waals surface area contributed by atoms with Crippen molar-refractivity contribution < 1.29 is 30.5 Å². The van der Waals surface area contributed by atoms with Gasteiger partial charge in [0.25, 0.3) is 7.82 Å². The minimum atomic E-state index is -4.98. The number of hydrogen-bond acceptors (Lipinski definition) is 6. The zero-order chi connectivity index (χ0) is 23.4. The molecule has 2 unspecified atom stereocenters. The molecule has 0 aromatic rings. The van der Waals surface area contributed by atoms with Gasteiger partial charge in [0, 0.05) is 26.1 Å². The highest BCUT2D eigenvalue weighted by Crippen LogP contribution is 2.47. The van der Waals surface area contributed by atoms with Crippen molar-refractivity contribution in [1.82, 2.24) is 6.15 Å². The Morgan fingerprint density at radius 3 is 1.47 bits per heavy atom. The zero-order valence-electron chi connectivity index (χ0n) is 21.9. The number of phosphoric ester groups is 1. The highest BCUT2D eigenvalue weighted by Gasteiger charge is 2.40. The van der Waals surface area contributed by atoms with Crippen LogP contribution in [0.4, 0.5) is 0 Å². The molecular formula is C24H54NO6P. The number of phosphoric acid groups is 1. The summed E-state index contributed by atoms with van der Waals surface area (Å²) in [4.78, 5) is 21.0. The first-order chi connectivity index (χ1) is 14.8. The first kappa shape index (κ1) is 34.2. The molecular weight excluding hydrogens is 429 g/mol. The van der Waals surface area contributed by atoms with Crippen LogP contribution in [0.25, 0.3) is 0 Å². The lowest BCUT2D eigenvalue weighted by Crippen LogP contribution is -2.43. The summed E-state index contributed by atoms with van der Waals surface area (Å²) in [6.45, 7) is 3.88. The highest BCUT2D eigenvalue weighted by molar-refractivity contribution is 7.44. The van der Waals surface area contributed by atoms with Crippen LogP contribution in [0.3, 0.4) is 0 Å². The van der Waals surface area contributed by atoms with Gasteiger partial charge in [0.05, 0.1) is 5.60 Å². The Labute approximate surface area is 199 Å². The molecule has 8 heteroatoms. The number of hydrogen-bond donors (Lipinski definition) is 4. The van der Waals surface area contributed by atoms with Gasteiger partial charge in [-0.25, -0.2) is 0 Å². The first-order valence-corrected chi connectivity index (χ1v) is 14.3. The van der Waals surface area contributed by atoms with E-state index in [4.69, 9.17) is 4.52 Å². The maximum atomic E-state index is 11.6. The number of unbranched alkanes of at least 4 members (excludes halogenated alkanes) is 12. The van der Waals surface area contributed by atoms with Gasteiger partial charge < -0.3 is 30.7 Å². The maximum absolute atomic E-state index is 11.6. The van der Waals surface area contributed by atoms with Crippen LogP contribution >= 0.6 is 7.82 Å². The summed E-state index contributed by atoms with van der Waals surface area (Å²) in [5.41, 5.74) is -1.24. The molecule has 0 aliphatic carbocycles. The van der Waals surface area contributed by atoms with Crippen molar-refractivity contribution in [3.05, 3.63) is 0 Å². The Morgan fingerprint density at radius 2 is 1.12 bits per heavy atom. The smallest absolute Gasteiger partial charge is 0.756 e. The van der Waals surface area contributed by atoms with E-state index >= 15 is 0 Å². The molecule has 0 aromatic carbocycles. The van der Waals surface area contributed by atoms with Crippen LogP contribution in [0.5, 0.6) is 0 Å². The third-order valence-corrected chi connectivity index (χ3v) is 7.02. The van der Waals surface area contributed by atoms with E-state index in [-0.39, 0.29) is 39.6 Å². The predicted molar refractivity (Wildman–Crippen MR) is 132 cm³/mol. The topological polar surface area (TPSA) is 145 Å². The SMILES string of the molecule is CCCCCCCCCCCCC(CCCCCC)C(CCO)(CCO)OP(=O)([O-])O.N.[H+]. The molecule has 0 saturated carbocycles. The fraction of sp³-hybridized carbons (Fsp3) is 1.00. The van der Waals surface area contributed by atoms with E-state index < -0.39 is 13.4 Å². The van der Waals surface area contributed by atoms with E-state index in [0.29, 0.717) is 0 Å². The Morgan fingerprint density at radius 1 is 0.781 bits per heavy atom. The monoisotopic (exact) mass is 483 g/mol. The van der Waals surface area contributed by atoms with Crippen molar-refractivity contribution in [2.75, 3.05) is 13.2 Å². The molecule has 0 aliphatic rings. The summed E-state index contributed by atoms with van der Waals surface area (Å²) in [6.07, 6.45) is 18.3. The third-order valence-electron chi connectivity index (χ3n) is 6.42. The van der Waals surface area contributed by atoms with E-state index in [1.54, 1.807) is 0 Å². The molecule has 0 fully saturated rings. The molecule has 0 rings (SSSR count). The molecule has 0 aromatic heterocycles. The predicted octanol–water partition coefficient (Wildman–Crippen LogP) is 6.14. The van der Waals surface area contributed by atoms with Crippen LogP contribution in [-0.2, 0) is 9.09 Å². The van der Waals surface area contributed by atoms with Crippen molar-refractivity contribution >= 4 is 7.82 Å². The van der Waals surface area contributed by atoms with Gasteiger partial charge in [0.1, 0.15) is 0 Å². The molecule has 0 amide bonds. The van der Waals surface area contributed by atoms with Gasteiger partial charge in [0.15, 0.2) is 0 Å². The lowest BCUT2D eigenvalue weighted by atomic mass is 9.76. The normalized spacial score (nSPS) is 14.7. The van der Waals surface area contributed by atoms with Crippen LogP contribution in [-0.4, -0.2) is 33.9 Å². The molecule has 32 heavy (non-hydrogen) atoms. The summed E-state index contributed by atoms with van der Waals surface area (Å²) in [6, 6.07) is 0. The quantitative estimate of drug-likeness (QED) is 0.101. The molecule has 0 bridgehead atoms. The minimum Gasteiger partial charge on any atom is -0.756 e. The highest BCUT2D eigenvalue weighted by atomic mass is 31.2. The Kier molecular flexibility index (Phi) is 23.0. The molecule has 0 heterocycles. The fourth-order valence-electron chi connectivity index (χ4n) is 4.67. The Balaban J connectivity index is -0.00000450. The largest absolute Gasteiger partial charge is 1.00 e. The third kappa shape index (κ3) is 17.5. The average Bonchev–Trinajstić information content (AvgIpc) is 2.70. The second kappa shape index (κ2) is 21.5. The van der Waals surface area contributed by atoms with Gasteiger partial charge in [-0.05, 0) is 18.8 Å². The van der Waals surface area contributed by atoms with E-state index in [1.165, 1.54) is 51.4 Å².